The predicted molar refractivity (Wildman–Crippen MR) is 92.7 cm³/mol. The second-order valence-electron chi connectivity index (χ2n) is 7.55. The lowest BCUT2D eigenvalue weighted by atomic mass is 9.92. The molecule has 4 atom stereocenters. The number of hydrogen-bond donors (Lipinski definition) is 1. The number of alkyl halides is 3. The first-order valence-corrected chi connectivity index (χ1v) is 9.13. The predicted octanol–water partition coefficient (Wildman–Crippen LogP) is 3.29. The Labute approximate surface area is 158 Å². The third-order valence-electron chi connectivity index (χ3n) is 5.81. The summed E-state index contributed by atoms with van der Waals surface area (Å²) in [6, 6.07) is 3.33. The highest BCUT2D eigenvalue weighted by molar-refractivity contribution is 6.23. The number of barbiturate groups is 1. The van der Waals surface area contributed by atoms with Crippen molar-refractivity contribution < 1.29 is 27.6 Å². The van der Waals surface area contributed by atoms with Gasteiger partial charge in [-0.3, -0.25) is 24.8 Å². The number of amides is 4. The van der Waals surface area contributed by atoms with E-state index < -0.39 is 35.5 Å². The zero-order chi connectivity index (χ0) is 20.1. The molecule has 0 radical (unpaired) electrons. The van der Waals surface area contributed by atoms with E-state index in [2.05, 4.69) is 10.3 Å². The monoisotopic (exact) mass is 393 g/mol. The van der Waals surface area contributed by atoms with E-state index in [-0.39, 0.29) is 17.6 Å². The van der Waals surface area contributed by atoms with Crippen LogP contribution in [0.2, 0.25) is 0 Å². The molecular formula is C19H18F3N3O3. The van der Waals surface area contributed by atoms with Gasteiger partial charge >= 0.3 is 12.2 Å². The largest absolute Gasteiger partial charge is 0.416 e. The van der Waals surface area contributed by atoms with E-state index in [1.54, 1.807) is 0 Å². The lowest BCUT2D eigenvalue weighted by Gasteiger charge is -2.36. The molecule has 4 amide bonds. The van der Waals surface area contributed by atoms with Crippen molar-refractivity contribution in [1.82, 2.24) is 10.2 Å². The lowest BCUT2D eigenvalue weighted by molar-refractivity contribution is -0.141. The molecule has 0 spiro atoms. The molecule has 1 aromatic rings. The molecule has 1 heterocycles. The summed E-state index contributed by atoms with van der Waals surface area (Å²) < 4.78 is 38.4. The van der Waals surface area contributed by atoms with Crippen molar-refractivity contribution in [3.63, 3.8) is 0 Å². The van der Waals surface area contributed by atoms with Gasteiger partial charge in [-0.15, -0.1) is 0 Å². The number of carbonyl (C=O) groups excluding carboxylic acids is 3. The Balaban J connectivity index is 1.55. The van der Waals surface area contributed by atoms with Gasteiger partial charge in [-0.25, -0.2) is 4.79 Å². The second kappa shape index (κ2) is 6.72. The minimum Gasteiger partial charge on any atom is -0.277 e. The molecule has 28 heavy (non-hydrogen) atoms. The van der Waals surface area contributed by atoms with Gasteiger partial charge in [0, 0.05) is 12.3 Å². The van der Waals surface area contributed by atoms with E-state index >= 15 is 0 Å². The highest BCUT2D eigenvalue weighted by Gasteiger charge is 2.50. The first kappa shape index (κ1) is 18.6. The Morgan fingerprint density at radius 1 is 1.14 bits per heavy atom. The van der Waals surface area contributed by atoms with Gasteiger partial charge in [-0.05, 0) is 49.3 Å². The highest BCUT2D eigenvalue weighted by Crippen LogP contribution is 2.47. The smallest absolute Gasteiger partial charge is 0.277 e. The molecule has 148 valence electrons. The molecule has 9 heteroatoms. The number of nitrogens with one attached hydrogen (secondary N) is 1. The number of nitrogens with zero attached hydrogens (tertiary/aromatic N) is 2. The first-order valence-electron chi connectivity index (χ1n) is 9.13. The molecule has 0 unspecified atom stereocenters. The van der Waals surface area contributed by atoms with Crippen molar-refractivity contribution in [2.75, 3.05) is 0 Å². The van der Waals surface area contributed by atoms with Crippen LogP contribution < -0.4 is 5.32 Å². The number of hydrogen-bond acceptors (Lipinski definition) is 4. The van der Waals surface area contributed by atoms with Crippen molar-refractivity contribution in [3.05, 3.63) is 29.8 Å². The molecule has 2 bridgehead atoms. The van der Waals surface area contributed by atoms with Gasteiger partial charge in [0.15, 0.2) is 5.92 Å². The molecule has 1 saturated heterocycles. The molecule has 1 N–H and O–H groups in total. The summed E-state index contributed by atoms with van der Waals surface area (Å²) in [5.41, 5.74) is -0.904. The maximum Gasteiger partial charge on any atom is 0.416 e. The summed E-state index contributed by atoms with van der Waals surface area (Å²) in [7, 11) is 0. The zero-order valence-electron chi connectivity index (χ0n) is 14.8. The van der Waals surface area contributed by atoms with Crippen LogP contribution in [0.3, 0.4) is 0 Å². The molecule has 0 aromatic heterocycles. The van der Waals surface area contributed by atoms with Crippen molar-refractivity contribution in [2.45, 2.75) is 37.9 Å². The Morgan fingerprint density at radius 2 is 1.93 bits per heavy atom. The number of carbonyl (C=O) groups is 3. The molecular weight excluding hydrogens is 375 g/mol. The molecule has 1 aliphatic heterocycles. The van der Waals surface area contributed by atoms with Crippen LogP contribution in [0.15, 0.2) is 29.3 Å². The average molecular weight is 393 g/mol. The zero-order valence-corrected chi connectivity index (χ0v) is 14.8. The Kier molecular flexibility index (Phi) is 4.47. The third kappa shape index (κ3) is 3.29. The van der Waals surface area contributed by atoms with E-state index in [0.29, 0.717) is 5.92 Å². The highest BCUT2D eigenvalue weighted by atomic mass is 19.4. The molecule has 4 rings (SSSR count). The molecule has 1 aromatic carbocycles. The Hall–Kier alpha value is -2.71. The van der Waals surface area contributed by atoms with Gasteiger partial charge in [-0.1, -0.05) is 12.5 Å². The quantitative estimate of drug-likeness (QED) is 0.632. The van der Waals surface area contributed by atoms with Crippen LogP contribution >= 0.6 is 0 Å². The fraction of sp³-hybridized carbons (Fsp3) is 0.474. The van der Waals surface area contributed by atoms with E-state index in [0.717, 1.165) is 48.9 Å². The van der Waals surface area contributed by atoms with Crippen LogP contribution in [-0.2, 0) is 15.8 Å². The number of imide groups is 2. The molecule has 3 aliphatic rings. The summed E-state index contributed by atoms with van der Waals surface area (Å²) in [6.07, 6.45) is 0.232. The number of aliphatic imine (C=N–C) groups is 1. The fourth-order valence-corrected chi connectivity index (χ4v) is 4.50. The summed E-state index contributed by atoms with van der Waals surface area (Å²) in [5.74, 6) is -2.09. The van der Waals surface area contributed by atoms with Gasteiger partial charge in [0.05, 0.1) is 11.3 Å². The van der Waals surface area contributed by atoms with Crippen LogP contribution in [0.5, 0.6) is 0 Å². The van der Waals surface area contributed by atoms with Crippen LogP contribution in [-0.4, -0.2) is 35.0 Å². The van der Waals surface area contributed by atoms with Gasteiger partial charge < -0.3 is 0 Å². The maximum absolute atomic E-state index is 12.8. The van der Waals surface area contributed by atoms with Crippen LogP contribution in [0.25, 0.3) is 0 Å². The summed E-state index contributed by atoms with van der Waals surface area (Å²) >= 11 is 0. The fourth-order valence-electron chi connectivity index (χ4n) is 4.50. The first-order chi connectivity index (χ1) is 13.2. The molecule has 2 saturated carbocycles. The van der Waals surface area contributed by atoms with E-state index in [9.17, 15) is 27.6 Å². The standard InChI is InChI=1S/C19H18F3N3O3/c20-19(21,22)12-2-1-3-13(8-12)23-9-14-16(26)24-18(28)25(17(14)27)15-7-10-4-5-11(15)6-10/h1-3,8-11,14-15H,4-7H2,(H,24,26,28)/t10-,11-,14-,15+/m0/s1. The maximum atomic E-state index is 12.8. The van der Waals surface area contributed by atoms with Crippen molar-refractivity contribution in [2.24, 2.45) is 22.7 Å². The lowest BCUT2D eigenvalue weighted by Crippen LogP contribution is -2.62. The van der Waals surface area contributed by atoms with Gasteiger partial charge in [0.1, 0.15) is 0 Å². The number of benzene rings is 1. The van der Waals surface area contributed by atoms with Crippen LogP contribution in [0.1, 0.15) is 31.2 Å². The van der Waals surface area contributed by atoms with E-state index in [1.807, 2.05) is 0 Å². The van der Waals surface area contributed by atoms with E-state index in [1.165, 1.54) is 12.1 Å². The topological polar surface area (TPSA) is 78.8 Å². The molecule has 6 nitrogen and oxygen atoms in total. The summed E-state index contributed by atoms with van der Waals surface area (Å²) in [4.78, 5) is 42.2. The van der Waals surface area contributed by atoms with Gasteiger partial charge in [0.25, 0.3) is 0 Å². The summed E-state index contributed by atoms with van der Waals surface area (Å²) in [5, 5.41) is 2.17. The summed E-state index contributed by atoms with van der Waals surface area (Å²) in [6.45, 7) is 0. The van der Waals surface area contributed by atoms with Crippen LogP contribution in [0, 0.1) is 17.8 Å². The minimum absolute atomic E-state index is 0.0289. The SMILES string of the molecule is O=C1NC(=O)N([C@@H]2C[C@H]3CC[C@H]2C3)C(=O)[C@H]1C=Nc1cccc(C(F)(F)F)c1. The number of fused-ring (bicyclic) bond motifs is 2. The minimum atomic E-state index is -4.52. The van der Waals surface area contributed by atoms with Gasteiger partial charge in [-0.2, -0.15) is 13.2 Å². The van der Waals surface area contributed by atoms with Crippen molar-refractivity contribution >= 4 is 29.7 Å². The third-order valence-corrected chi connectivity index (χ3v) is 5.81. The number of urea groups is 1. The average Bonchev–Trinajstić information content (AvgIpc) is 3.24. The van der Waals surface area contributed by atoms with Crippen LogP contribution in [0.4, 0.5) is 23.7 Å². The second-order valence-corrected chi connectivity index (χ2v) is 7.55. The van der Waals surface area contributed by atoms with Crippen molar-refractivity contribution in [3.8, 4) is 0 Å². The van der Waals surface area contributed by atoms with E-state index in [4.69, 9.17) is 0 Å². The molecule has 2 aliphatic carbocycles. The Bertz CT molecular complexity index is 867. The molecule has 3 fully saturated rings. The van der Waals surface area contributed by atoms with Gasteiger partial charge in [0.2, 0.25) is 11.8 Å². The number of rotatable bonds is 3. The number of halogens is 3. The normalized spacial score (nSPS) is 30.4. The Morgan fingerprint density at radius 3 is 2.57 bits per heavy atom. The van der Waals surface area contributed by atoms with Crippen molar-refractivity contribution in [1.29, 1.82) is 0 Å².